The quantitative estimate of drug-likeness (QED) is 0.0793. The van der Waals surface area contributed by atoms with Gasteiger partial charge in [-0.3, -0.25) is 9.59 Å². The maximum absolute atomic E-state index is 14.3. The highest BCUT2D eigenvalue weighted by Crippen LogP contribution is 2.49. The van der Waals surface area contributed by atoms with Crippen molar-refractivity contribution in [2.45, 2.75) is 177 Å². The molecule has 0 saturated carbocycles. The van der Waals surface area contributed by atoms with Crippen LogP contribution >= 0.6 is 0 Å². The standard InChI is InChI=1S/C36H70O4/c1-9-13-23-31(11-3)27-36(30(7)8,35(39)40-28-32(12-4)24-14-10-2)33(29(5)6)25-21-19-17-15-16-18-20-22-26-34(37)38/h29-33H,9-28H2,1-8H3,(H,37,38). The summed E-state index contributed by atoms with van der Waals surface area (Å²) < 4.78 is 6.33. The van der Waals surface area contributed by atoms with Gasteiger partial charge in [0.25, 0.3) is 0 Å². The van der Waals surface area contributed by atoms with Gasteiger partial charge in [-0.15, -0.1) is 0 Å². The van der Waals surface area contributed by atoms with Crippen LogP contribution in [0.25, 0.3) is 0 Å². The third-order valence-electron chi connectivity index (χ3n) is 9.70. The first-order valence-electron chi connectivity index (χ1n) is 17.5. The summed E-state index contributed by atoms with van der Waals surface area (Å²) in [5.74, 6) is 1.48. The van der Waals surface area contributed by atoms with Crippen LogP contribution in [0.4, 0.5) is 0 Å². The first-order valence-corrected chi connectivity index (χ1v) is 17.5. The maximum atomic E-state index is 14.3. The van der Waals surface area contributed by atoms with Gasteiger partial charge >= 0.3 is 11.9 Å². The van der Waals surface area contributed by atoms with Crippen molar-refractivity contribution < 1.29 is 19.4 Å². The molecule has 0 fully saturated rings. The molecule has 0 amide bonds. The minimum absolute atomic E-state index is 0.0902. The molecule has 0 bridgehead atoms. The third kappa shape index (κ3) is 15.2. The molecule has 0 heterocycles. The molecule has 0 aliphatic rings. The summed E-state index contributed by atoms with van der Waals surface area (Å²) in [6.45, 7) is 18.8. The highest BCUT2D eigenvalue weighted by molar-refractivity contribution is 5.77. The van der Waals surface area contributed by atoms with E-state index < -0.39 is 11.4 Å². The molecule has 0 aromatic heterocycles. The molecule has 0 saturated heterocycles. The lowest BCUT2D eigenvalue weighted by molar-refractivity contribution is -0.170. The molecule has 0 aromatic rings. The van der Waals surface area contributed by atoms with E-state index in [9.17, 15) is 9.59 Å². The molecule has 0 aliphatic heterocycles. The van der Waals surface area contributed by atoms with E-state index in [4.69, 9.17) is 9.84 Å². The van der Waals surface area contributed by atoms with E-state index in [-0.39, 0.29) is 11.9 Å². The van der Waals surface area contributed by atoms with Gasteiger partial charge in [0.05, 0.1) is 12.0 Å². The van der Waals surface area contributed by atoms with Gasteiger partial charge in [-0.25, -0.2) is 0 Å². The number of rotatable bonds is 27. The van der Waals surface area contributed by atoms with E-state index in [1.54, 1.807) is 0 Å². The number of carbonyl (C=O) groups excluding carboxylic acids is 1. The number of hydrogen-bond acceptors (Lipinski definition) is 3. The molecule has 40 heavy (non-hydrogen) atoms. The van der Waals surface area contributed by atoms with Gasteiger partial charge in [0.2, 0.25) is 0 Å². The van der Waals surface area contributed by atoms with Crippen molar-refractivity contribution in [1.82, 2.24) is 0 Å². The van der Waals surface area contributed by atoms with Crippen LogP contribution in [0.5, 0.6) is 0 Å². The summed E-state index contributed by atoms with van der Waals surface area (Å²) in [4.78, 5) is 25.0. The monoisotopic (exact) mass is 567 g/mol. The van der Waals surface area contributed by atoms with Crippen LogP contribution in [-0.2, 0) is 14.3 Å². The molecule has 1 N–H and O–H groups in total. The Hall–Kier alpha value is -1.06. The number of hydrogen-bond donors (Lipinski definition) is 1. The van der Waals surface area contributed by atoms with Crippen LogP contribution in [0.15, 0.2) is 0 Å². The van der Waals surface area contributed by atoms with Crippen molar-refractivity contribution in [3.8, 4) is 0 Å². The number of unbranched alkanes of at least 4 members (excludes halogenated alkanes) is 9. The zero-order chi connectivity index (χ0) is 30.4. The maximum Gasteiger partial charge on any atom is 0.312 e. The molecule has 0 rings (SSSR count). The predicted octanol–water partition coefficient (Wildman–Crippen LogP) is 11.3. The lowest BCUT2D eigenvalue weighted by Gasteiger charge is -2.46. The Bertz CT molecular complexity index is 628. The SMILES string of the molecule is CCCCC(CC)COC(=O)C(CC(CC)CCCC)(C(C)C)C(CCCCCCCCCCC(=O)O)C(C)C. The second kappa shape index (κ2) is 23.5. The summed E-state index contributed by atoms with van der Waals surface area (Å²) in [5, 5.41) is 8.79. The molecule has 0 aromatic carbocycles. The summed E-state index contributed by atoms with van der Waals surface area (Å²) in [5.41, 5.74) is -0.421. The molecule has 0 aliphatic carbocycles. The summed E-state index contributed by atoms with van der Waals surface area (Å²) in [6.07, 6.45) is 20.7. The molecule has 4 nitrogen and oxygen atoms in total. The molecule has 4 heteroatoms. The minimum atomic E-state index is -0.682. The van der Waals surface area contributed by atoms with E-state index >= 15 is 0 Å². The molecule has 0 spiro atoms. The van der Waals surface area contributed by atoms with Crippen molar-refractivity contribution in [1.29, 1.82) is 0 Å². The Morgan fingerprint density at radius 1 is 0.675 bits per heavy atom. The molecule has 4 unspecified atom stereocenters. The molecule has 0 radical (unpaired) electrons. The molecular weight excluding hydrogens is 496 g/mol. The van der Waals surface area contributed by atoms with Crippen LogP contribution in [0.2, 0.25) is 0 Å². The second-order valence-electron chi connectivity index (χ2n) is 13.4. The lowest BCUT2D eigenvalue weighted by atomic mass is 9.58. The Kier molecular flexibility index (Phi) is 22.9. The number of ether oxygens (including phenoxy) is 1. The van der Waals surface area contributed by atoms with Gasteiger partial charge in [0, 0.05) is 6.42 Å². The van der Waals surface area contributed by atoms with Gasteiger partial charge in [0.1, 0.15) is 0 Å². The van der Waals surface area contributed by atoms with Gasteiger partial charge in [-0.1, -0.05) is 145 Å². The summed E-state index contributed by atoms with van der Waals surface area (Å²) >= 11 is 0. The number of carboxylic acid groups (broad SMARTS) is 1. The smallest absolute Gasteiger partial charge is 0.312 e. The lowest BCUT2D eigenvalue weighted by Crippen LogP contribution is -2.48. The van der Waals surface area contributed by atoms with Crippen molar-refractivity contribution in [3.05, 3.63) is 0 Å². The Balaban J connectivity index is 5.52. The van der Waals surface area contributed by atoms with Crippen molar-refractivity contribution in [2.75, 3.05) is 6.61 Å². The number of carboxylic acids is 1. The zero-order valence-electron chi connectivity index (χ0n) is 28.2. The summed E-state index contributed by atoms with van der Waals surface area (Å²) in [7, 11) is 0. The minimum Gasteiger partial charge on any atom is -0.481 e. The van der Waals surface area contributed by atoms with Crippen molar-refractivity contribution in [3.63, 3.8) is 0 Å². The second-order valence-corrected chi connectivity index (χ2v) is 13.4. The fourth-order valence-electron chi connectivity index (χ4n) is 6.82. The fourth-order valence-corrected chi connectivity index (χ4v) is 6.82. The van der Waals surface area contributed by atoms with Crippen LogP contribution in [-0.4, -0.2) is 23.7 Å². The highest BCUT2D eigenvalue weighted by atomic mass is 16.5. The topological polar surface area (TPSA) is 63.6 Å². The van der Waals surface area contributed by atoms with Gasteiger partial charge in [-0.2, -0.15) is 0 Å². The van der Waals surface area contributed by atoms with Crippen molar-refractivity contribution in [2.24, 2.45) is 35.0 Å². The number of aliphatic carboxylic acids is 1. The Labute approximate surface area is 250 Å². The Morgan fingerprint density at radius 3 is 1.62 bits per heavy atom. The van der Waals surface area contributed by atoms with E-state index in [2.05, 4.69) is 55.4 Å². The third-order valence-corrected chi connectivity index (χ3v) is 9.70. The van der Waals surface area contributed by atoms with Crippen molar-refractivity contribution >= 4 is 11.9 Å². The van der Waals surface area contributed by atoms with Crippen LogP contribution in [0.1, 0.15) is 177 Å². The largest absolute Gasteiger partial charge is 0.481 e. The summed E-state index contributed by atoms with van der Waals surface area (Å²) in [6, 6.07) is 0. The van der Waals surface area contributed by atoms with Crippen LogP contribution < -0.4 is 0 Å². The number of carbonyl (C=O) groups is 2. The first kappa shape index (κ1) is 38.9. The van der Waals surface area contributed by atoms with Gasteiger partial charge < -0.3 is 9.84 Å². The Morgan fingerprint density at radius 2 is 1.18 bits per heavy atom. The van der Waals surface area contributed by atoms with Gasteiger partial charge in [-0.05, 0) is 55.3 Å². The predicted molar refractivity (Wildman–Crippen MR) is 172 cm³/mol. The van der Waals surface area contributed by atoms with E-state index in [1.807, 2.05) is 0 Å². The van der Waals surface area contributed by atoms with E-state index in [0.717, 1.165) is 51.4 Å². The van der Waals surface area contributed by atoms with E-state index in [1.165, 1.54) is 64.2 Å². The average molecular weight is 567 g/mol. The fraction of sp³-hybridized carbons (Fsp3) is 0.944. The van der Waals surface area contributed by atoms with Gasteiger partial charge in [0.15, 0.2) is 0 Å². The number of esters is 1. The van der Waals surface area contributed by atoms with Crippen LogP contribution in [0, 0.1) is 35.0 Å². The normalized spacial score (nSPS) is 15.7. The highest BCUT2D eigenvalue weighted by Gasteiger charge is 2.50. The molecular formula is C36H70O4. The zero-order valence-corrected chi connectivity index (χ0v) is 28.2. The average Bonchev–Trinajstić information content (AvgIpc) is 2.92. The first-order chi connectivity index (χ1) is 19.1. The molecule has 4 atom stereocenters. The van der Waals surface area contributed by atoms with Crippen LogP contribution in [0.3, 0.4) is 0 Å². The van der Waals surface area contributed by atoms with E-state index in [0.29, 0.717) is 36.7 Å². The molecule has 238 valence electrons.